The second kappa shape index (κ2) is 6.88. The molecule has 1 fully saturated rings. The number of carbonyl (C=O) groups is 2. The van der Waals surface area contributed by atoms with E-state index in [2.05, 4.69) is 9.55 Å². The first-order valence-electron chi connectivity index (χ1n) is 8.30. The van der Waals surface area contributed by atoms with Crippen LogP contribution in [-0.2, 0) is 4.79 Å². The quantitative estimate of drug-likeness (QED) is 0.766. The Morgan fingerprint density at radius 2 is 2.08 bits per heavy atom. The molecule has 3 rings (SSSR count). The summed E-state index contributed by atoms with van der Waals surface area (Å²) in [6.07, 6.45) is 6.12. The third-order valence-corrected chi connectivity index (χ3v) is 5.40. The third-order valence-electron chi connectivity index (χ3n) is 4.52. The van der Waals surface area contributed by atoms with Crippen molar-refractivity contribution in [1.29, 1.82) is 0 Å². The maximum absolute atomic E-state index is 12.6. The molecule has 6 heteroatoms. The standard InChI is InChI=1S/C19H21N3O2S/c1-5-12(2)22-18(23)17(25-19(22)24)10-15-9-13(3)21(14(15)4)16-7-6-8-20-11-16/h6-12H,5H2,1-4H3/b17-10+/t12-/m1/s1. The van der Waals surface area contributed by atoms with Crippen LogP contribution in [0.5, 0.6) is 0 Å². The van der Waals surface area contributed by atoms with Crippen LogP contribution in [0.2, 0.25) is 0 Å². The molecule has 130 valence electrons. The van der Waals surface area contributed by atoms with Gasteiger partial charge >= 0.3 is 0 Å². The van der Waals surface area contributed by atoms with Gasteiger partial charge in [0.1, 0.15) is 0 Å². The minimum Gasteiger partial charge on any atom is -0.316 e. The molecule has 0 radical (unpaired) electrons. The van der Waals surface area contributed by atoms with Crippen LogP contribution < -0.4 is 0 Å². The summed E-state index contributed by atoms with van der Waals surface area (Å²) in [5.74, 6) is -0.199. The van der Waals surface area contributed by atoms with Crippen LogP contribution in [0.15, 0.2) is 35.5 Å². The van der Waals surface area contributed by atoms with Crippen molar-refractivity contribution in [3.63, 3.8) is 0 Å². The predicted molar refractivity (Wildman–Crippen MR) is 101 cm³/mol. The van der Waals surface area contributed by atoms with Gasteiger partial charge in [0.2, 0.25) is 0 Å². The molecule has 3 heterocycles. The van der Waals surface area contributed by atoms with E-state index in [0.717, 1.165) is 40.8 Å². The van der Waals surface area contributed by atoms with Gasteiger partial charge in [0, 0.05) is 23.6 Å². The smallest absolute Gasteiger partial charge is 0.293 e. The first kappa shape index (κ1) is 17.5. The Kier molecular flexibility index (Phi) is 4.81. The maximum atomic E-state index is 12.6. The van der Waals surface area contributed by atoms with Gasteiger partial charge in [-0.25, -0.2) is 0 Å². The van der Waals surface area contributed by atoms with Crippen molar-refractivity contribution in [2.45, 2.75) is 40.2 Å². The molecular weight excluding hydrogens is 334 g/mol. The number of imide groups is 1. The summed E-state index contributed by atoms with van der Waals surface area (Å²) in [6.45, 7) is 7.89. The molecule has 1 aliphatic heterocycles. The van der Waals surface area contributed by atoms with Gasteiger partial charge in [-0.2, -0.15) is 0 Å². The maximum Gasteiger partial charge on any atom is 0.293 e. The molecule has 0 spiro atoms. The number of pyridine rings is 1. The van der Waals surface area contributed by atoms with E-state index in [1.807, 2.05) is 52.0 Å². The molecule has 0 saturated carbocycles. The van der Waals surface area contributed by atoms with E-state index in [0.29, 0.717) is 4.91 Å². The van der Waals surface area contributed by atoms with E-state index in [1.165, 1.54) is 4.90 Å². The predicted octanol–water partition coefficient (Wildman–Crippen LogP) is 4.32. The van der Waals surface area contributed by atoms with Gasteiger partial charge in [-0.3, -0.25) is 19.5 Å². The molecule has 0 unspecified atom stereocenters. The molecule has 5 nitrogen and oxygen atoms in total. The SMILES string of the molecule is CC[C@@H](C)N1C(=O)S/C(=C/c2cc(C)n(-c3cccnc3)c2C)C1=O. The Labute approximate surface area is 151 Å². The average molecular weight is 355 g/mol. The number of thioether (sulfide) groups is 1. The van der Waals surface area contributed by atoms with Crippen LogP contribution >= 0.6 is 11.8 Å². The van der Waals surface area contributed by atoms with Gasteiger partial charge in [-0.05, 0) is 68.8 Å². The minimum absolute atomic E-state index is 0.0822. The lowest BCUT2D eigenvalue weighted by atomic mass is 10.2. The van der Waals surface area contributed by atoms with E-state index in [9.17, 15) is 9.59 Å². The molecular formula is C19H21N3O2S. The Morgan fingerprint density at radius 1 is 1.32 bits per heavy atom. The van der Waals surface area contributed by atoms with E-state index < -0.39 is 0 Å². The van der Waals surface area contributed by atoms with Crippen molar-refractivity contribution >= 4 is 29.0 Å². The first-order valence-corrected chi connectivity index (χ1v) is 9.12. The van der Waals surface area contributed by atoms with Crippen LogP contribution in [0.25, 0.3) is 11.8 Å². The average Bonchev–Trinajstić information content (AvgIpc) is 3.03. The molecule has 25 heavy (non-hydrogen) atoms. The molecule has 2 aromatic heterocycles. The largest absolute Gasteiger partial charge is 0.316 e. The van der Waals surface area contributed by atoms with Crippen LogP contribution in [0, 0.1) is 13.8 Å². The number of hydrogen-bond donors (Lipinski definition) is 0. The summed E-state index contributed by atoms with van der Waals surface area (Å²) in [4.78, 5) is 30.8. The highest BCUT2D eigenvalue weighted by Crippen LogP contribution is 2.35. The van der Waals surface area contributed by atoms with Crippen LogP contribution in [0.3, 0.4) is 0 Å². The molecule has 1 saturated heterocycles. The Balaban J connectivity index is 1.98. The minimum atomic E-state index is -0.199. The fraction of sp³-hybridized carbons (Fsp3) is 0.316. The second-order valence-electron chi connectivity index (χ2n) is 6.18. The summed E-state index contributed by atoms with van der Waals surface area (Å²) < 4.78 is 2.09. The molecule has 1 atom stereocenters. The number of hydrogen-bond acceptors (Lipinski definition) is 4. The molecule has 0 aromatic carbocycles. The molecule has 2 amide bonds. The van der Waals surface area contributed by atoms with Gasteiger partial charge in [0.15, 0.2) is 0 Å². The van der Waals surface area contributed by atoms with Crippen molar-refractivity contribution in [3.05, 3.63) is 52.4 Å². The zero-order valence-electron chi connectivity index (χ0n) is 14.8. The third kappa shape index (κ3) is 3.14. The number of aryl methyl sites for hydroxylation is 1. The van der Waals surface area contributed by atoms with Crippen molar-refractivity contribution in [3.8, 4) is 5.69 Å². The Hall–Kier alpha value is -2.34. The summed E-state index contributed by atoms with van der Waals surface area (Å²) in [6, 6.07) is 5.83. The number of aromatic nitrogens is 2. The van der Waals surface area contributed by atoms with Crippen LogP contribution in [-0.4, -0.2) is 31.6 Å². The first-order chi connectivity index (χ1) is 11.9. The lowest BCUT2D eigenvalue weighted by molar-refractivity contribution is -0.124. The highest BCUT2D eigenvalue weighted by Gasteiger charge is 2.37. The van der Waals surface area contributed by atoms with Gasteiger partial charge in [-0.1, -0.05) is 6.92 Å². The van der Waals surface area contributed by atoms with Crippen molar-refractivity contribution in [2.24, 2.45) is 0 Å². The molecule has 0 N–H and O–H groups in total. The molecule has 2 aromatic rings. The highest BCUT2D eigenvalue weighted by molar-refractivity contribution is 8.18. The molecule has 1 aliphatic rings. The second-order valence-corrected chi connectivity index (χ2v) is 7.18. The van der Waals surface area contributed by atoms with Gasteiger partial charge in [-0.15, -0.1) is 0 Å². The summed E-state index contributed by atoms with van der Waals surface area (Å²) in [5, 5.41) is -0.188. The van der Waals surface area contributed by atoms with Crippen LogP contribution in [0.4, 0.5) is 4.79 Å². The summed E-state index contributed by atoms with van der Waals surface area (Å²) in [7, 11) is 0. The van der Waals surface area contributed by atoms with E-state index >= 15 is 0 Å². The molecule has 0 bridgehead atoms. The number of nitrogens with zero attached hydrogens (tertiary/aromatic N) is 3. The van der Waals surface area contributed by atoms with Gasteiger partial charge in [0.25, 0.3) is 11.1 Å². The number of amides is 2. The van der Waals surface area contributed by atoms with Crippen molar-refractivity contribution < 1.29 is 9.59 Å². The fourth-order valence-corrected chi connectivity index (χ4v) is 3.92. The Bertz CT molecular complexity index is 855. The fourth-order valence-electron chi connectivity index (χ4n) is 3.00. The number of rotatable bonds is 4. The zero-order chi connectivity index (χ0) is 18.1. The summed E-state index contributed by atoms with van der Waals surface area (Å²) >= 11 is 1.02. The lowest BCUT2D eigenvalue weighted by Gasteiger charge is -2.19. The van der Waals surface area contributed by atoms with Gasteiger partial charge in [0.05, 0.1) is 16.8 Å². The monoisotopic (exact) mass is 355 g/mol. The van der Waals surface area contributed by atoms with Gasteiger partial charge < -0.3 is 4.57 Å². The highest BCUT2D eigenvalue weighted by atomic mass is 32.2. The molecule has 0 aliphatic carbocycles. The van der Waals surface area contributed by atoms with E-state index in [4.69, 9.17) is 0 Å². The summed E-state index contributed by atoms with van der Waals surface area (Å²) in [5.41, 5.74) is 3.99. The van der Waals surface area contributed by atoms with E-state index in [-0.39, 0.29) is 17.2 Å². The van der Waals surface area contributed by atoms with Crippen molar-refractivity contribution in [1.82, 2.24) is 14.5 Å². The van der Waals surface area contributed by atoms with Crippen LogP contribution in [0.1, 0.15) is 37.2 Å². The normalized spacial score (nSPS) is 17.6. The lowest BCUT2D eigenvalue weighted by Crippen LogP contribution is -2.36. The Morgan fingerprint density at radius 3 is 2.72 bits per heavy atom. The zero-order valence-corrected chi connectivity index (χ0v) is 15.6. The van der Waals surface area contributed by atoms with Crippen molar-refractivity contribution in [2.75, 3.05) is 0 Å². The topological polar surface area (TPSA) is 55.2 Å². The van der Waals surface area contributed by atoms with E-state index in [1.54, 1.807) is 12.4 Å². The number of carbonyl (C=O) groups excluding carboxylic acids is 2.